The van der Waals surface area contributed by atoms with Crippen LogP contribution in [0.2, 0.25) is 0 Å². The highest BCUT2D eigenvalue weighted by Gasteiger charge is 2.24. The Balaban J connectivity index is 0.00000180. The van der Waals surface area contributed by atoms with Crippen molar-refractivity contribution in [3.63, 3.8) is 0 Å². The largest absolute Gasteiger partial charge is 0.469 e. The van der Waals surface area contributed by atoms with E-state index in [-0.39, 0.29) is 18.4 Å². The second kappa shape index (κ2) is 7.67. The van der Waals surface area contributed by atoms with Gasteiger partial charge in [0.1, 0.15) is 0 Å². The van der Waals surface area contributed by atoms with Crippen LogP contribution in [0.5, 0.6) is 0 Å². The maximum Gasteiger partial charge on any atom is 0.305 e. The molecule has 1 aromatic rings. The van der Waals surface area contributed by atoms with E-state index in [9.17, 15) is 4.79 Å². The van der Waals surface area contributed by atoms with E-state index >= 15 is 0 Å². The van der Waals surface area contributed by atoms with Crippen LogP contribution in [0.15, 0.2) is 6.20 Å². The van der Waals surface area contributed by atoms with Crippen LogP contribution in [0, 0.1) is 0 Å². The van der Waals surface area contributed by atoms with Gasteiger partial charge in [0.15, 0.2) is 5.13 Å². The molecule has 108 valence electrons. The maximum absolute atomic E-state index is 11.1. The van der Waals surface area contributed by atoms with Gasteiger partial charge < -0.3 is 14.4 Å². The lowest BCUT2D eigenvalue weighted by atomic mass is 10.3. The molecule has 5 nitrogen and oxygen atoms in total. The molecular formula is C12H19ClN2O3S. The summed E-state index contributed by atoms with van der Waals surface area (Å²) in [5.74, 6) is -0.175. The van der Waals surface area contributed by atoms with Gasteiger partial charge in [-0.05, 0) is 12.8 Å². The van der Waals surface area contributed by atoms with Gasteiger partial charge in [-0.2, -0.15) is 0 Å². The van der Waals surface area contributed by atoms with E-state index in [2.05, 4.69) is 14.6 Å². The molecule has 1 aliphatic rings. The van der Waals surface area contributed by atoms with Crippen molar-refractivity contribution in [3.8, 4) is 0 Å². The van der Waals surface area contributed by atoms with Crippen LogP contribution >= 0.6 is 23.7 Å². The second-order valence-electron chi connectivity index (χ2n) is 4.28. The Kier molecular flexibility index (Phi) is 6.54. The minimum Gasteiger partial charge on any atom is -0.469 e. The van der Waals surface area contributed by atoms with Gasteiger partial charge in [0, 0.05) is 31.3 Å². The fourth-order valence-corrected chi connectivity index (χ4v) is 2.92. The standard InChI is InChI=1S/C12H18N2O3S.ClH/c1-16-9-5-6-14(8-9)12-13-7-10(18-12)3-4-11(15)17-2;/h7,9H,3-6,8H2,1-2H3;1H/t9-;/m0./s1. The van der Waals surface area contributed by atoms with Crippen molar-refractivity contribution < 1.29 is 14.3 Å². The smallest absolute Gasteiger partial charge is 0.305 e. The van der Waals surface area contributed by atoms with Gasteiger partial charge in [-0.3, -0.25) is 4.79 Å². The molecule has 7 heteroatoms. The lowest BCUT2D eigenvalue weighted by Crippen LogP contribution is -2.21. The van der Waals surface area contributed by atoms with Crippen molar-refractivity contribution in [2.45, 2.75) is 25.4 Å². The summed E-state index contributed by atoms with van der Waals surface area (Å²) in [5.41, 5.74) is 0. The summed E-state index contributed by atoms with van der Waals surface area (Å²) < 4.78 is 9.96. The molecule has 0 aliphatic carbocycles. The highest BCUT2D eigenvalue weighted by atomic mass is 35.5. The summed E-state index contributed by atoms with van der Waals surface area (Å²) in [6.07, 6.45) is 4.33. The SMILES string of the molecule is COC(=O)CCc1cnc(N2CC[C@H](OC)C2)s1.Cl. The third-order valence-corrected chi connectivity index (χ3v) is 4.21. The number of carbonyl (C=O) groups excluding carboxylic acids is 1. The first kappa shape index (κ1) is 16.2. The molecule has 1 fully saturated rings. The summed E-state index contributed by atoms with van der Waals surface area (Å²) >= 11 is 1.65. The first-order valence-corrected chi connectivity index (χ1v) is 6.84. The van der Waals surface area contributed by atoms with Crippen LogP contribution in [0.25, 0.3) is 0 Å². The summed E-state index contributed by atoms with van der Waals surface area (Å²) in [5, 5.41) is 1.02. The zero-order valence-electron chi connectivity index (χ0n) is 11.1. The van der Waals surface area contributed by atoms with Gasteiger partial charge in [-0.25, -0.2) is 4.98 Å². The monoisotopic (exact) mass is 306 g/mol. The first-order valence-electron chi connectivity index (χ1n) is 6.02. The van der Waals surface area contributed by atoms with Gasteiger partial charge in [-0.15, -0.1) is 23.7 Å². The molecule has 1 aromatic heterocycles. The number of halogens is 1. The van der Waals surface area contributed by atoms with Gasteiger partial charge in [0.25, 0.3) is 0 Å². The average molecular weight is 307 g/mol. The Morgan fingerprint density at radius 3 is 3.00 bits per heavy atom. The number of nitrogens with zero attached hydrogens (tertiary/aromatic N) is 2. The lowest BCUT2D eigenvalue weighted by Gasteiger charge is -2.13. The maximum atomic E-state index is 11.1. The van der Waals surface area contributed by atoms with Crippen LogP contribution in [0.1, 0.15) is 17.7 Å². The quantitative estimate of drug-likeness (QED) is 0.778. The molecule has 1 atom stereocenters. The highest BCUT2D eigenvalue weighted by molar-refractivity contribution is 7.15. The number of aryl methyl sites for hydroxylation is 1. The second-order valence-corrected chi connectivity index (χ2v) is 5.37. The highest BCUT2D eigenvalue weighted by Crippen LogP contribution is 2.27. The number of ether oxygens (including phenoxy) is 2. The fraction of sp³-hybridized carbons (Fsp3) is 0.667. The van der Waals surface area contributed by atoms with Crippen LogP contribution < -0.4 is 4.90 Å². The fourth-order valence-electron chi connectivity index (χ4n) is 1.98. The van der Waals surface area contributed by atoms with E-state index < -0.39 is 0 Å². The number of methoxy groups -OCH3 is 2. The number of hydrogen-bond donors (Lipinski definition) is 0. The molecule has 0 amide bonds. The number of anilines is 1. The van der Waals surface area contributed by atoms with Crippen LogP contribution in [0.3, 0.4) is 0 Å². The average Bonchev–Trinajstić information content (AvgIpc) is 3.03. The molecule has 0 bridgehead atoms. The third kappa shape index (κ3) is 4.33. The molecule has 0 aromatic carbocycles. The molecule has 19 heavy (non-hydrogen) atoms. The van der Waals surface area contributed by atoms with Crippen LogP contribution in [-0.2, 0) is 20.7 Å². The summed E-state index contributed by atoms with van der Waals surface area (Å²) in [7, 11) is 3.16. The van der Waals surface area contributed by atoms with E-state index in [1.807, 2.05) is 6.20 Å². The van der Waals surface area contributed by atoms with Crippen molar-refractivity contribution in [3.05, 3.63) is 11.1 Å². The van der Waals surface area contributed by atoms with E-state index in [1.165, 1.54) is 7.11 Å². The van der Waals surface area contributed by atoms with Gasteiger partial charge in [-0.1, -0.05) is 0 Å². The van der Waals surface area contributed by atoms with Crippen molar-refractivity contribution in [1.29, 1.82) is 0 Å². The molecule has 0 saturated carbocycles. The predicted molar refractivity (Wildman–Crippen MR) is 77.3 cm³/mol. The van der Waals surface area contributed by atoms with Crippen molar-refractivity contribution in [2.24, 2.45) is 0 Å². The zero-order valence-corrected chi connectivity index (χ0v) is 12.8. The first-order chi connectivity index (χ1) is 8.72. The number of rotatable bonds is 5. The number of hydrogen-bond acceptors (Lipinski definition) is 6. The Hall–Kier alpha value is -0.850. The van der Waals surface area contributed by atoms with Gasteiger partial charge in [0.05, 0.1) is 19.6 Å². The van der Waals surface area contributed by atoms with Gasteiger partial charge >= 0.3 is 5.97 Å². The molecule has 1 aliphatic heterocycles. The summed E-state index contributed by atoms with van der Waals surface area (Å²) in [4.78, 5) is 18.8. The lowest BCUT2D eigenvalue weighted by molar-refractivity contribution is -0.140. The minimum atomic E-state index is -0.175. The predicted octanol–water partition coefficient (Wildman–Crippen LogP) is 1.90. The number of thiazole rings is 1. The number of carbonyl (C=O) groups is 1. The zero-order chi connectivity index (χ0) is 13.0. The van der Waals surface area contributed by atoms with Gasteiger partial charge in [0.2, 0.25) is 0 Å². The number of aromatic nitrogens is 1. The minimum absolute atomic E-state index is 0. The topological polar surface area (TPSA) is 51.7 Å². The van der Waals surface area contributed by atoms with E-state index in [1.54, 1.807) is 18.4 Å². The van der Waals surface area contributed by atoms with Crippen LogP contribution in [0.4, 0.5) is 5.13 Å². The molecule has 0 N–H and O–H groups in total. The molecule has 2 heterocycles. The molecule has 0 radical (unpaired) electrons. The molecule has 0 spiro atoms. The van der Waals surface area contributed by atoms with E-state index in [4.69, 9.17) is 4.74 Å². The molecule has 2 rings (SSSR count). The Labute approximate surface area is 123 Å². The van der Waals surface area contributed by atoms with Crippen molar-refractivity contribution in [1.82, 2.24) is 4.98 Å². The normalized spacial score (nSPS) is 18.2. The Morgan fingerprint density at radius 1 is 1.58 bits per heavy atom. The molecule has 0 unspecified atom stereocenters. The molecule has 1 saturated heterocycles. The number of esters is 1. The van der Waals surface area contributed by atoms with Crippen LogP contribution in [-0.4, -0.2) is 44.4 Å². The third-order valence-electron chi connectivity index (χ3n) is 3.09. The summed E-state index contributed by atoms with van der Waals surface area (Å²) in [6, 6.07) is 0. The summed E-state index contributed by atoms with van der Waals surface area (Å²) in [6.45, 7) is 1.89. The van der Waals surface area contributed by atoms with E-state index in [0.717, 1.165) is 29.5 Å². The Bertz CT molecular complexity index is 413. The molecular weight excluding hydrogens is 288 g/mol. The van der Waals surface area contributed by atoms with E-state index in [0.29, 0.717) is 18.9 Å². The Morgan fingerprint density at radius 2 is 2.37 bits per heavy atom. The van der Waals surface area contributed by atoms with Crippen molar-refractivity contribution in [2.75, 3.05) is 32.2 Å². The van der Waals surface area contributed by atoms with Crippen molar-refractivity contribution >= 4 is 34.8 Å².